The van der Waals surface area contributed by atoms with Gasteiger partial charge in [-0.1, -0.05) is 23.9 Å². The zero-order valence-electron chi connectivity index (χ0n) is 14.7. The van der Waals surface area contributed by atoms with Crippen molar-refractivity contribution in [2.24, 2.45) is 0 Å². The van der Waals surface area contributed by atoms with Crippen molar-refractivity contribution in [3.63, 3.8) is 0 Å². The van der Waals surface area contributed by atoms with Gasteiger partial charge in [-0.15, -0.1) is 10.2 Å². The van der Waals surface area contributed by atoms with Gasteiger partial charge in [-0.3, -0.25) is 4.57 Å². The lowest BCUT2D eigenvalue weighted by atomic mass is 10.1. The van der Waals surface area contributed by atoms with Crippen LogP contribution in [0.25, 0.3) is 0 Å². The molecule has 1 atom stereocenters. The molecule has 0 bridgehead atoms. The third-order valence-corrected chi connectivity index (χ3v) is 5.44. The Balaban J connectivity index is 1.74. The molecule has 2 heterocycles. The highest BCUT2D eigenvalue weighted by Crippen LogP contribution is 2.37. The van der Waals surface area contributed by atoms with Gasteiger partial charge in [-0.2, -0.15) is 13.2 Å². The summed E-state index contributed by atoms with van der Waals surface area (Å²) in [5, 5.41) is 9.34. The minimum atomic E-state index is -4.32. The number of rotatable bonds is 5. The van der Waals surface area contributed by atoms with Crippen molar-refractivity contribution < 1.29 is 17.9 Å². The molecule has 0 saturated carbocycles. The highest BCUT2D eigenvalue weighted by molar-refractivity contribution is 7.99. The first-order chi connectivity index (χ1) is 12.4. The fraction of sp³-hybridized carbons (Fsp3) is 0.529. The molecule has 9 heteroatoms. The largest absolute Gasteiger partial charge is 0.416 e. The first-order valence-electron chi connectivity index (χ1n) is 8.50. The number of thioether (sulfide) groups is 1. The lowest BCUT2D eigenvalue weighted by Crippen LogP contribution is -2.38. The third-order valence-electron chi connectivity index (χ3n) is 4.30. The van der Waals surface area contributed by atoms with E-state index in [-0.39, 0.29) is 5.25 Å². The average molecular weight is 386 g/mol. The molecule has 3 rings (SSSR count). The van der Waals surface area contributed by atoms with Gasteiger partial charge in [0.05, 0.1) is 18.8 Å². The van der Waals surface area contributed by atoms with Gasteiger partial charge >= 0.3 is 6.18 Å². The summed E-state index contributed by atoms with van der Waals surface area (Å²) in [6, 6.07) is 5.29. The number of nitrogens with zero attached hydrogens (tertiary/aromatic N) is 4. The second-order valence-electron chi connectivity index (χ2n) is 6.01. The van der Waals surface area contributed by atoms with E-state index < -0.39 is 11.7 Å². The molecule has 1 aromatic heterocycles. The second kappa shape index (κ2) is 7.87. The van der Waals surface area contributed by atoms with Crippen molar-refractivity contribution in [1.29, 1.82) is 0 Å². The molecular weight excluding hydrogens is 365 g/mol. The van der Waals surface area contributed by atoms with Gasteiger partial charge < -0.3 is 9.64 Å². The van der Waals surface area contributed by atoms with Gasteiger partial charge in [0.25, 0.3) is 0 Å². The predicted octanol–water partition coefficient (Wildman–Crippen LogP) is 4.01. The van der Waals surface area contributed by atoms with Gasteiger partial charge in [0.1, 0.15) is 0 Å². The number of morpholine rings is 1. The number of aromatic nitrogens is 3. The van der Waals surface area contributed by atoms with E-state index >= 15 is 0 Å². The number of anilines is 1. The SMILES string of the molecule is CCn1c(SC(C)c2ccc(C(F)(F)F)cc2)nnc1N1CCOCC1. The smallest absolute Gasteiger partial charge is 0.378 e. The van der Waals surface area contributed by atoms with Crippen LogP contribution in [-0.2, 0) is 17.5 Å². The van der Waals surface area contributed by atoms with Crippen LogP contribution in [0.4, 0.5) is 19.1 Å². The molecule has 0 amide bonds. The maximum Gasteiger partial charge on any atom is 0.416 e. The molecule has 0 radical (unpaired) electrons. The number of ether oxygens (including phenoxy) is 1. The zero-order valence-corrected chi connectivity index (χ0v) is 15.5. The summed E-state index contributed by atoms with van der Waals surface area (Å²) in [6.07, 6.45) is -4.32. The monoisotopic (exact) mass is 386 g/mol. The standard InChI is InChI=1S/C17H21F3N4OS/c1-3-24-15(23-8-10-25-11-9-23)21-22-16(24)26-12(2)13-4-6-14(7-5-13)17(18,19)20/h4-7,12H,3,8-11H2,1-2H3. The molecule has 0 aliphatic carbocycles. The van der Waals surface area contributed by atoms with Gasteiger partial charge in [0.15, 0.2) is 5.16 Å². The van der Waals surface area contributed by atoms with Gasteiger partial charge in [-0.05, 0) is 31.5 Å². The summed E-state index contributed by atoms with van der Waals surface area (Å²) in [4.78, 5) is 2.15. The van der Waals surface area contributed by atoms with Gasteiger partial charge in [0, 0.05) is 24.9 Å². The molecule has 1 fully saturated rings. The Hall–Kier alpha value is -1.74. The summed E-state index contributed by atoms with van der Waals surface area (Å²) in [5.41, 5.74) is 0.186. The number of alkyl halides is 3. The van der Waals surface area contributed by atoms with Crippen molar-refractivity contribution in [1.82, 2.24) is 14.8 Å². The Bertz CT molecular complexity index is 727. The highest BCUT2D eigenvalue weighted by atomic mass is 32.2. The lowest BCUT2D eigenvalue weighted by Gasteiger charge is -2.27. The summed E-state index contributed by atoms with van der Waals surface area (Å²) in [7, 11) is 0. The second-order valence-corrected chi connectivity index (χ2v) is 7.31. The minimum absolute atomic E-state index is 0.0377. The normalized spacial score (nSPS) is 16.7. The van der Waals surface area contributed by atoms with Crippen molar-refractivity contribution in [3.8, 4) is 0 Å². The Morgan fingerprint density at radius 1 is 1.15 bits per heavy atom. The van der Waals surface area contributed by atoms with E-state index in [1.54, 1.807) is 0 Å². The molecule has 1 aliphatic heterocycles. The lowest BCUT2D eigenvalue weighted by molar-refractivity contribution is -0.137. The fourth-order valence-electron chi connectivity index (χ4n) is 2.81. The van der Waals surface area contributed by atoms with Crippen LogP contribution in [0.2, 0.25) is 0 Å². The topological polar surface area (TPSA) is 43.2 Å². The van der Waals surface area contributed by atoms with Crippen LogP contribution in [0.15, 0.2) is 29.4 Å². The third kappa shape index (κ3) is 4.15. The van der Waals surface area contributed by atoms with Crippen LogP contribution in [0, 0.1) is 0 Å². The van der Waals surface area contributed by atoms with E-state index in [1.807, 2.05) is 18.4 Å². The van der Waals surface area contributed by atoms with Crippen LogP contribution in [0.5, 0.6) is 0 Å². The first-order valence-corrected chi connectivity index (χ1v) is 9.37. The minimum Gasteiger partial charge on any atom is -0.378 e. The van der Waals surface area contributed by atoms with Crippen molar-refractivity contribution >= 4 is 17.7 Å². The molecule has 26 heavy (non-hydrogen) atoms. The van der Waals surface area contributed by atoms with Crippen molar-refractivity contribution in [3.05, 3.63) is 35.4 Å². The Morgan fingerprint density at radius 3 is 2.38 bits per heavy atom. The molecule has 142 valence electrons. The Morgan fingerprint density at radius 2 is 1.81 bits per heavy atom. The molecule has 0 N–H and O–H groups in total. The average Bonchev–Trinajstić information content (AvgIpc) is 3.04. The van der Waals surface area contributed by atoms with Crippen molar-refractivity contribution in [2.75, 3.05) is 31.2 Å². The summed E-state index contributed by atoms with van der Waals surface area (Å²) < 4.78 is 45.5. The summed E-state index contributed by atoms with van der Waals surface area (Å²) >= 11 is 1.50. The molecule has 2 aromatic rings. The van der Waals surface area contributed by atoms with Gasteiger partial charge in [0.2, 0.25) is 5.95 Å². The maximum absolute atomic E-state index is 12.7. The maximum atomic E-state index is 12.7. The molecule has 1 saturated heterocycles. The van der Waals surface area contributed by atoms with Crippen LogP contribution in [-0.4, -0.2) is 41.1 Å². The van der Waals surface area contributed by atoms with Crippen LogP contribution >= 0.6 is 11.8 Å². The van der Waals surface area contributed by atoms with E-state index in [4.69, 9.17) is 4.74 Å². The fourth-order valence-corrected chi connectivity index (χ4v) is 3.85. The van der Waals surface area contributed by atoms with Crippen LogP contribution < -0.4 is 4.90 Å². The Kier molecular flexibility index (Phi) is 5.76. The highest BCUT2D eigenvalue weighted by Gasteiger charge is 2.30. The number of hydrogen-bond acceptors (Lipinski definition) is 5. The predicted molar refractivity (Wildman–Crippen MR) is 94.4 cm³/mol. The molecule has 1 aromatic carbocycles. The molecule has 5 nitrogen and oxygen atoms in total. The molecule has 0 spiro atoms. The van der Waals surface area contributed by atoms with Crippen molar-refractivity contribution in [2.45, 2.75) is 37.0 Å². The summed E-state index contributed by atoms with van der Waals surface area (Å²) in [6.45, 7) is 7.59. The quantitative estimate of drug-likeness (QED) is 0.727. The van der Waals surface area contributed by atoms with E-state index in [0.717, 1.165) is 48.4 Å². The van der Waals surface area contributed by atoms with Crippen LogP contribution in [0.3, 0.4) is 0 Å². The molecular formula is C17H21F3N4OS. The molecule has 1 aliphatic rings. The summed E-state index contributed by atoms with van der Waals surface area (Å²) in [5.74, 6) is 0.818. The first kappa shape index (κ1) is 19.0. The Labute approximate surface area is 154 Å². The number of benzene rings is 1. The van der Waals surface area contributed by atoms with E-state index in [9.17, 15) is 13.2 Å². The van der Waals surface area contributed by atoms with Gasteiger partial charge in [-0.25, -0.2) is 0 Å². The van der Waals surface area contributed by atoms with E-state index in [2.05, 4.69) is 15.1 Å². The number of halogens is 3. The van der Waals surface area contributed by atoms with E-state index in [1.165, 1.54) is 23.9 Å². The zero-order chi connectivity index (χ0) is 18.7. The number of hydrogen-bond donors (Lipinski definition) is 0. The molecule has 1 unspecified atom stereocenters. The van der Waals surface area contributed by atoms with Crippen LogP contribution in [0.1, 0.15) is 30.2 Å². The van der Waals surface area contributed by atoms with E-state index in [0.29, 0.717) is 13.2 Å².